The fourth-order valence-corrected chi connectivity index (χ4v) is 3.01. The van der Waals surface area contributed by atoms with Gasteiger partial charge in [-0.05, 0) is 50.3 Å². The van der Waals surface area contributed by atoms with Crippen molar-refractivity contribution in [3.63, 3.8) is 0 Å². The van der Waals surface area contributed by atoms with Crippen LogP contribution in [0.15, 0.2) is 36.0 Å². The first kappa shape index (κ1) is 19.4. The van der Waals surface area contributed by atoms with Crippen LogP contribution in [-0.2, 0) is 6.18 Å². The Balaban J connectivity index is 1.64. The molecule has 9 heteroatoms. The first-order chi connectivity index (χ1) is 12.9. The number of aromatic nitrogens is 3. The molecule has 0 spiro atoms. The smallest absolute Gasteiger partial charge is 0.368 e. The summed E-state index contributed by atoms with van der Waals surface area (Å²) in [5.74, 6) is 0.560. The molecule has 5 nitrogen and oxygen atoms in total. The van der Waals surface area contributed by atoms with Crippen LogP contribution in [0, 0.1) is 0 Å². The molecule has 1 aromatic heterocycles. The number of anilines is 3. The minimum atomic E-state index is -4.46. The maximum absolute atomic E-state index is 12.9. The SMILES string of the molecule is FC(F)(F)c1ccc(Cl)c(Nc2nncc(NCCC3=CCCCC3)n2)c1. The van der Waals surface area contributed by atoms with E-state index < -0.39 is 11.7 Å². The molecule has 1 aliphatic carbocycles. The lowest BCUT2D eigenvalue weighted by molar-refractivity contribution is -0.137. The lowest BCUT2D eigenvalue weighted by Crippen LogP contribution is -2.09. The highest BCUT2D eigenvalue weighted by Gasteiger charge is 2.31. The van der Waals surface area contributed by atoms with Gasteiger partial charge in [0.2, 0.25) is 5.95 Å². The summed E-state index contributed by atoms with van der Waals surface area (Å²) in [6.45, 7) is 0.703. The molecule has 2 N–H and O–H groups in total. The van der Waals surface area contributed by atoms with Crippen LogP contribution in [0.1, 0.15) is 37.7 Å². The zero-order valence-corrected chi connectivity index (χ0v) is 15.2. The maximum Gasteiger partial charge on any atom is 0.416 e. The van der Waals surface area contributed by atoms with Gasteiger partial charge in [0.25, 0.3) is 0 Å². The van der Waals surface area contributed by atoms with Crippen LogP contribution in [0.3, 0.4) is 0 Å². The van der Waals surface area contributed by atoms with Gasteiger partial charge in [0.05, 0.1) is 22.5 Å². The minimum Gasteiger partial charge on any atom is -0.368 e. The van der Waals surface area contributed by atoms with Gasteiger partial charge in [0, 0.05) is 6.54 Å². The highest BCUT2D eigenvalue weighted by Crippen LogP contribution is 2.34. The Bertz CT molecular complexity index is 823. The summed E-state index contributed by atoms with van der Waals surface area (Å²) in [5, 5.41) is 13.6. The number of allylic oxidation sites excluding steroid dienone is 1. The maximum atomic E-state index is 12.9. The number of nitrogens with zero attached hydrogens (tertiary/aromatic N) is 3. The molecule has 0 fully saturated rings. The van der Waals surface area contributed by atoms with Crippen LogP contribution in [0.4, 0.5) is 30.6 Å². The average Bonchev–Trinajstić information content (AvgIpc) is 2.64. The second-order valence-electron chi connectivity index (χ2n) is 6.27. The van der Waals surface area contributed by atoms with Crippen molar-refractivity contribution in [3.8, 4) is 0 Å². The molecule has 1 aromatic carbocycles. The molecular weight excluding hydrogens is 379 g/mol. The Hall–Kier alpha value is -2.35. The third kappa shape index (κ3) is 5.56. The number of nitrogens with one attached hydrogen (secondary N) is 2. The van der Waals surface area contributed by atoms with Crippen molar-refractivity contribution in [2.45, 2.75) is 38.3 Å². The fourth-order valence-electron chi connectivity index (χ4n) is 2.84. The summed E-state index contributed by atoms with van der Waals surface area (Å²) in [6, 6.07) is 3.02. The lowest BCUT2D eigenvalue weighted by Gasteiger charge is -2.13. The summed E-state index contributed by atoms with van der Waals surface area (Å²) in [5.41, 5.74) is 0.694. The Morgan fingerprint density at radius 3 is 2.78 bits per heavy atom. The van der Waals surface area contributed by atoms with Gasteiger partial charge in [-0.2, -0.15) is 23.3 Å². The van der Waals surface area contributed by atoms with Gasteiger partial charge in [0.1, 0.15) is 0 Å². The van der Waals surface area contributed by atoms with Crippen LogP contribution in [0.5, 0.6) is 0 Å². The van der Waals surface area contributed by atoms with Gasteiger partial charge in [-0.25, -0.2) is 0 Å². The second kappa shape index (κ2) is 8.56. The Morgan fingerprint density at radius 2 is 2.04 bits per heavy atom. The van der Waals surface area contributed by atoms with Gasteiger partial charge in [-0.3, -0.25) is 0 Å². The molecule has 0 saturated heterocycles. The third-order valence-corrected chi connectivity index (χ3v) is 4.57. The molecule has 0 unspecified atom stereocenters. The summed E-state index contributed by atoms with van der Waals surface area (Å²) in [6.07, 6.45) is 4.96. The monoisotopic (exact) mass is 397 g/mol. The molecule has 1 heterocycles. The highest BCUT2D eigenvalue weighted by atomic mass is 35.5. The molecule has 0 atom stereocenters. The van der Waals surface area contributed by atoms with Crippen molar-refractivity contribution >= 4 is 29.1 Å². The van der Waals surface area contributed by atoms with Crippen LogP contribution < -0.4 is 10.6 Å². The molecule has 2 aromatic rings. The second-order valence-corrected chi connectivity index (χ2v) is 6.67. The van der Waals surface area contributed by atoms with E-state index in [0.717, 1.165) is 31.4 Å². The molecule has 27 heavy (non-hydrogen) atoms. The van der Waals surface area contributed by atoms with Crippen molar-refractivity contribution in [1.82, 2.24) is 15.2 Å². The molecule has 0 bridgehead atoms. The molecule has 0 radical (unpaired) electrons. The van der Waals surface area contributed by atoms with Gasteiger partial charge in [-0.15, -0.1) is 5.10 Å². The summed E-state index contributed by atoms with van der Waals surface area (Å²) in [4.78, 5) is 4.23. The standard InChI is InChI=1S/C18H19ClF3N5/c19-14-7-6-13(18(20,21)22)10-15(14)25-17-26-16(11-24-27-17)23-9-8-12-4-2-1-3-5-12/h4,6-7,10-11H,1-3,5,8-9H2,(H2,23,25,26,27). The zero-order chi connectivity index (χ0) is 19.3. The van der Waals surface area contributed by atoms with E-state index in [9.17, 15) is 13.2 Å². The van der Waals surface area contributed by atoms with Crippen LogP contribution in [0.25, 0.3) is 0 Å². The number of alkyl halides is 3. The molecular formula is C18H19ClF3N5. The van der Waals surface area contributed by atoms with Crippen LogP contribution in [-0.4, -0.2) is 21.7 Å². The van der Waals surface area contributed by atoms with Crippen LogP contribution >= 0.6 is 11.6 Å². The van der Waals surface area contributed by atoms with E-state index in [1.54, 1.807) is 0 Å². The lowest BCUT2D eigenvalue weighted by atomic mass is 9.97. The minimum absolute atomic E-state index is 0.0674. The Morgan fingerprint density at radius 1 is 1.19 bits per heavy atom. The molecule has 3 rings (SSSR count). The first-order valence-corrected chi connectivity index (χ1v) is 9.05. The number of hydrogen-bond donors (Lipinski definition) is 2. The van der Waals surface area contributed by atoms with E-state index in [2.05, 4.69) is 31.9 Å². The average molecular weight is 398 g/mol. The predicted octanol–water partition coefficient (Wildman–Crippen LogP) is 5.59. The first-order valence-electron chi connectivity index (χ1n) is 8.67. The Labute approximate surface area is 160 Å². The van der Waals surface area contributed by atoms with Gasteiger partial charge in [0.15, 0.2) is 5.82 Å². The van der Waals surface area contributed by atoms with Gasteiger partial charge in [-0.1, -0.05) is 23.3 Å². The van der Waals surface area contributed by atoms with Gasteiger partial charge < -0.3 is 10.6 Å². The van der Waals surface area contributed by atoms with Crippen molar-refractivity contribution in [1.29, 1.82) is 0 Å². The molecule has 0 saturated carbocycles. The van der Waals surface area contributed by atoms with Crippen molar-refractivity contribution in [2.75, 3.05) is 17.2 Å². The quantitative estimate of drug-likeness (QED) is 0.622. The largest absolute Gasteiger partial charge is 0.416 e. The highest BCUT2D eigenvalue weighted by molar-refractivity contribution is 6.33. The van der Waals surface area contributed by atoms with E-state index in [4.69, 9.17) is 11.6 Å². The molecule has 144 valence electrons. The van der Waals surface area contributed by atoms with Crippen molar-refractivity contribution < 1.29 is 13.2 Å². The molecule has 0 aliphatic heterocycles. The van der Waals surface area contributed by atoms with Crippen LogP contribution in [0.2, 0.25) is 5.02 Å². The van der Waals surface area contributed by atoms with E-state index >= 15 is 0 Å². The van der Waals surface area contributed by atoms with E-state index in [-0.39, 0.29) is 16.7 Å². The zero-order valence-electron chi connectivity index (χ0n) is 14.5. The molecule has 0 amide bonds. The normalized spacial score (nSPS) is 14.6. The predicted molar refractivity (Wildman–Crippen MR) is 99.2 cm³/mol. The number of hydrogen-bond acceptors (Lipinski definition) is 5. The summed E-state index contributed by atoms with van der Waals surface area (Å²) < 4.78 is 38.6. The van der Waals surface area contributed by atoms with Crippen molar-refractivity contribution in [2.24, 2.45) is 0 Å². The number of benzene rings is 1. The number of halogens is 4. The molecule has 1 aliphatic rings. The van der Waals surface area contributed by atoms with E-state index in [0.29, 0.717) is 12.4 Å². The van der Waals surface area contributed by atoms with Gasteiger partial charge >= 0.3 is 6.18 Å². The summed E-state index contributed by atoms with van der Waals surface area (Å²) >= 11 is 5.98. The Kier molecular flexibility index (Phi) is 6.15. The number of rotatable bonds is 6. The van der Waals surface area contributed by atoms with E-state index in [1.807, 2.05) is 0 Å². The fraction of sp³-hybridized carbons (Fsp3) is 0.389. The van der Waals surface area contributed by atoms with Crippen molar-refractivity contribution in [3.05, 3.63) is 46.6 Å². The topological polar surface area (TPSA) is 62.7 Å². The summed E-state index contributed by atoms with van der Waals surface area (Å²) in [7, 11) is 0. The third-order valence-electron chi connectivity index (χ3n) is 4.24. The van der Waals surface area contributed by atoms with E-state index in [1.165, 1.54) is 30.7 Å².